The predicted octanol–water partition coefficient (Wildman–Crippen LogP) is 7.96. The maximum absolute atomic E-state index is 15.0. The Bertz CT molecular complexity index is 4670. The summed E-state index contributed by atoms with van der Waals surface area (Å²) in [5.74, 6) is -0.0453. The molecule has 3 saturated heterocycles. The van der Waals surface area contributed by atoms with E-state index in [-0.39, 0.29) is 204 Å². The molecule has 0 aromatic heterocycles. The Morgan fingerprint density at radius 2 is 1.40 bits per heavy atom. The summed E-state index contributed by atoms with van der Waals surface area (Å²) in [7, 11) is 5.37. The van der Waals surface area contributed by atoms with Crippen LogP contribution in [-0.2, 0) is 73.2 Å². The number of ketones is 5. The van der Waals surface area contributed by atoms with Gasteiger partial charge in [0.05, 0.1) is 24.4 Å². The van der Waals surface area contributed by atoms with Gasteiger partial charge in [-0.3, -0.25) is 43.5 Å². The lowest BCUT2D eigenvalue weighted by molar-refractivity contribution is -0.139. The van der Waals surface area contributed by atoms with Crippen LogP contribution in [0.25, 0.3) is 0 Å². The van der Waals surface area contributed by atoms with E-state index >= 15 is 4.79 Å². The summed E-state index contributed by atoms with van der Waals surface area (Å²) in [5, 5.41) is 8.89. The van der Waals surface area contributed by atoms with Crippen LogP contribution in [0, 0.1) is 29.6 Å². The molecule has 5 fully saturated rings. The van der Waals surface area contributed by atoms with Gasteiger partial charge in [-0.25, -0.2) is 19.4 Å². The molecule has 4 aromatic carbocycles. The largest absolute Gasteiger partial charge is 0.493 e. The van der Waals surface area contributed by atoms with Crippen LogP contribution < -0.4 is 62.6 Å². The van der Waals surface area contributed by atoms with E-state index in [9.17, 15) is 47.9 Å². The second-order valence-corrected chi connectivity index (χ2v) is 34.7. The van der Waals surface area contributed by atoms with Gasteiger partial charge in [0.25, 0.3) is 0 Å². The number of likely N-dealkylation sites (N-methyl/N-ethyl adjacent to an activating group) is 1. The average molecular weight is 1650 g/mol. The second-order valence-electron chi connectivity index (χ2n) is 34.7. The summed E-state index contributed by atoms with van der Waals surface area (Å²) < 4.78 is 37.6. The highest BCUT2D eigenvalue weighted by Gasteiger charge is 2.67. The van der Waals surface area contributed by atoms with Gasteiger partial charge in [-0.1, -0.05) is 30.7 Å². The van der Waals surface area contributed by atoms with Gasteiger partial charge in [-0.15, -0.1) is 0 Å². The molecular formula is C90H115N13O17. The van der Waals surface area contributed by atoms with E-state index in [2.05, 4.69) is 48.8 Å². The topological polar surface area (TPSA) is 421 Å². The number of carbonyl (C=O) groups is 11. The van der Waals surface area contributed by atoms with Crippen molar-refractivity contribution in [3.8, 4) is 28.7 Å². The first-order valence-corrected chi connectivity index (χ1v) is 43.0. The molecule has 30 nitrogen and oxygen atoms in total. The van der Waals surface area contributed by atoms with Gasteiger partial charge < -0.3 is 86.8 Å². The Balaban J connectivity index is 0.603. The standard InChI is InChI=1S/C90H115N13O17/c1-52(104)14-35-75(109)99-67(13-8-41-97-85(91)92)70(107)30-25-61-47-59(36-43-103(61)88(114)118-74-34-29-65-68-49-56-21-32-72(115-4)78-76(56)90(65,81(74)120-78)37-44-100(68)2)83(111)95-39-6-5-10-58(82(110)96-40-7-11-62(105)46-53-17-26-64(27-18-53)116-84(112)55-19-23-60(24-20-55)98-86(93)94)48-63(106)12-9-42-101(3)87(113)117-73-33-22-57-50-69-66-28-31-71(108)80-89(66,77(57)79(73)119-80)38-45-102(69)51-54-15-16-54/h17-24,26-27,32-34,54,58-59,61,65-69,80-81H,5-16,25,28-31,35-51H2,1-4H3,(H,95,111)(H,96,110)(H,99,109)(H4,91,92,97)(H4,93,94,98)/t58-,59?,61?,65+,66+,67-,68-,69-,80+,81+,89+,90+/m1/s1. The van der Waals surface area contributed by atoms with Gasteiger partial charge in [0.15, 0.2) is 58.7 Å². The van der Waals surface area contributed by atoms with Crippen molar-refractivity contribution in [2.45, 2.75) is 221 Å². The molecule has 5 aliphatic heterocycles. The van der Waals surface area contributed by atoms with Crippen LogP contribution in [0.5, 0.6) is 28.7 Å². The molecule has 120 heavy (non-hydrogen) atoms. The van der Waals surface area contributed by atoms with Gasteiger partial charge in [0.2, 0.25) is 17.7 Å². The van der Waals surface area contributed by atoms with Crippen LogP contribution in [0.1, 0.15) is 193 Å². The first-order valence-electron chi connectivity index (χ1n) is 43.0. The highest BCUT2D eigenvalue weighted by molar-refractivity contribution is 5.93. The molecule has 14 rings (SSSR count). The van der Waals surface area contributed by atoms with E-state index < -0.39 is 71.0 Å². The molecule has 5 heterocycles. The number of unbranched alkanes of at least 4 members (excludes halogenated alkanes) is 1. The lowest BCUT2D eigenvalue weighted by Crippen LogP contribution is -2.66. The summed E-state index contributed by atoms with van der Waals surface area (Å²) in [6.07, 6.45) is 10.1. The molecule has 10 aliphatic rings. The number of guanidine groups is 2. The molecule has 642 valence electrons. The molecule has 0 radical (unpaired) electrons. The molecule has 2 spiro atoms. The minimum atomic E-state index is -0.956. The van der Waals surface area contributed by atoms with Gasteiger partial charge in [0.1, 0.15) is 28.9 Å². The number of methoxy groups -OCH3 is 1. The summed E-state index contributed by atoms with van der Waals surface area (Å²) in [6.45, 7) is 5.04. The van der Waals surface area contributed by atoms with Crippen LogP contribution in [-0.4, -0.2) is 206 Å². The van der Waals surface area contributed by atoms with Crippen LogP contribution in [0.3, 0.4) is 0 Å². The minimum absolute atomic E-state index is 0.00312. The zero-order valence-electron chi connectivity index (χ0n) is 69.3. The SMILES string of the molecule is COc1ccc2c3c1O[C@H]1C(OC(=O)N4CCC(C(=O)NCCCC[C@H](CC(=O)CCCN(C)C(=O)Oc5ccc6c7c5O[C@H]5C(=O)CC[C@H]8[C@@H](C6)N(CC6CC6)CC[C@]758)C(=O)NCCCC(=O)Cc5ccc(OC(=O)c6ccc(N=C(N)N)cc6)cc5)CC4CCC(=O)[C@@H](CCCN=C(N)N)NC(=O)CCC(C)=O)=CC[C@H]4[C@@H](C2)N(C)CC[C@]314. The molecular weight excluding hydrogens is 1540 g/mol. The van der Waals surface area contributed by atoms with E-state index in [1.807, 2.05) is 18.2 Å². The number of hydrogen-bond acceptors (Lipinski definition) is 21. The van der Waals surface area contributed by atoms with Crippen LogP contribution in [0.15, 0.2) is 94.6 Å². The summed E-state index contributed by atoms with van der Waals surface area (Å²) in [5.41, 5.74) is 27.2. The fourth-order valence-electron chi connectivity index (χ4n) is 20.7. The van der Waals surface area contributed by atoms with Crippen LogP contribution in [0.4, 0.5) is 15.3 Å². The first-order chi connectivity index (χ1) is 57.8. The van der Waals surface area contributed by atoms with E-state index in [1.54, 1.807) is 61.5 Å². The third-order valence-corrected chi connectivity index (χ3v) is 26.9. The van der Waals surface area contributed by atoms with Gasteiger partial charge >= 0.3 is 18.2 Å². The number of nitrogens with two attached hydrogens (primary N) is 4. The van der Waals surface area contributed by atoms with Crippen molar-refractivity contribution in [2.24, 2.45) is 62.5 Å². The lowest BCUT2D eigenvalue weighted by Gasteiger charge is -2.57. The Labute approximate surface area is 699 Å². The number of benzene rings is 4. The molecule has 4 aromatic rings. The Morgan fingerprint density at radius 3 is 2.13 bits per heavy atom. The zero-order chi connectivity index (χ0) is 84.7. The predicted molar refractivity (Wildman–Crippen MR) is 445 cm³/mol. The molecule has 5 aliphatic carbocycles. The number of likely N-dealkylation sites (tertiary alicyclic amines) is 3. The maximum Gasteiger partial charge on any atom is 0.415 e. The normalized spacial score (nSPS) is 24.2. The van der Waals surface area contributed by atoms with Crippen molar-refractivity contribution < 1.29 is 81.2 Å². The van der Waals surface area contributed by atoms with Crippen molar-refractivity contribution in [3.05, 3.63) is 118 Å². The third kappa shape index (κ3) is 18.9. The van der Waals surface area contributed by atoms with Crippen molar-refractivity contribution in [1.82, 2.24) is 35.6 Å². The number of aliphatic imine (C=N–C) groups is 2. The average Bonchev–Trinajstić information content (AvgIpc) is 1.68. The Morgan fingerprint density at radius 1 is 0.692 bits per heavy atom. The molecule has 2 saturated carbocycles. The highest BCUT2D eigenvalue weighted by Crippen LogP contribution is 2.66. The van der Waals surface area contributed by atoms with Crippen molar-refractivity contribution in [2.75, 3.05) is 73.6 Å². The van der Waals surface area contributed by atoms with Crippen molar-refractivity contribution in [1.29, 1.82) is 0 Å². The van der Waals surface area contributed by atoms with Crippen LogP contribution >= 0.6 is 0 Å². The van der Waals surface area contributed by atoms with E-state index in [4.69, 9.17) is 51.4 Å². The summed E-state index contributed by atoms with van der Waals surface area (Å²) in [4.78, 5) is 167. The zero-order valence-corrected chi connectivity index (χ0v) is 69.3. The number of ether oxygens (including phenoxy) is 6. The monoisotopic (exact) mass is 1650 g/mol. The molecule has 4 bridgehead atoms. The number of amides is 5. The molecule has 12 atom stereocenters. The van der Waals surface area contributed by atoms with Crippen LogP contribution in [0.2, 0.25) is 0 Å². The maximum atomic E-state index is 15.0. The van der Waals surface area contributed by atoms with Gasteiger partial charge in [-0.05, 0) is 225 Å². The number of nitrogens with zero attached hydrogens (tertiary/aromatic N) is 6. The first kappa shape index (κ1) is 85.7. The number of piperidine rings is 3. The highest BCUT2D eigenvalue weighted by atomic mass is 16.6. The number of carbonyl (C=O) groups excluding carboxylic acids is 11. The molecule has 5 amide bonds. The van der Waals surface area contributed by atoms with Crippen molar-refractivity contribution >= 4 is 82.4 Å². The fraction of sp³-hybridized carbons (Fsp3) is 0.567. The van der Waals surface area contributed by atoms with E-state index in [1.165, 1.54) is 42.4 Å². The quantitative estimate of drug-likeness (QED) is 0.00732. The molecule has 30 heteroatoms. The number of esters is 1. The van der Waals surface area contributed by atoms with E-state index in [0.717, 1.165) is 74.3 Å². The Hall–Kier alpha value is -10.8. The van der Waals surface area contributed by atoms with Gasteiger partial charge in [-0.2, -0.15) is 0 Å². The number of nitrogens with one attached hydrogen (secondary N) is 3. The number of allylic oxidation sites excluding steroid dienone is 1. The second kappa shape index (κ2) is 37.5. The van der Waals surface area contributed by atoms with E-state index in [0.29, 0.717) is 78.8 Å². The number of rotatable bonds is 39. The summed E-state index contributed by atoms with van der Waals surface area (Å²) >= 11 is 0. The summed E-state index contributed by atoms with van der Waals surface area (Å²) in [6, 6.07) is 19.7. The Kier molecular flexibility index (Phi) is 26.8. The molecule has 2 unspecified atom stereocenters. The van der Waals surface area contributed by atoms with Crippen molar-refractivity contribution in [3.63, 3.8) is 0 Å². The van der Waals surface area contributed by atoms with Gasteiger partial charge in [0, 0.05) is 150 Å². The minimum Gasteiger partial charge on any atom is -0.493 e. The molecule has 11 N–H and O–H groups in total. The number of Topliss-reactive ketones (excluding diaryl/α,β-unsaturated/α-hetero) is 5. The fourth-order valence-corrected chi connectivity index (χ4v) is 20.7. The lowest BCUT2D eigenvalue weighted by atomic mass is 9.51. The number of hydrogen-bond donors (Lipinski definition) is 7. The third-order valence-electron chi connectivity index (χ3n) is 26.9. The smallest absolute Gasteiger partial charge is 0.415 e.